The van der Waals surface area contributed by atoms with Crippen molar-refractivity contribution >= 4 is 38.9 Å². The summed E-state index contributed by atoms with van der Waals surface area (Å²) in [5.41, 5.74) is 1.81. The number of pyridine rings is 1. The lowest BCUT2D eigenvalue weighted by atomic mass is 10.5. The Morgan fingerprint density at radius 1 is 1.44 bits per heavy atom. The minimum Gasteiger partial charge on any atom is -0.347 e. The highest BCUT2D eigenvalue weighted by Crippen LogP contribution is 2.17. The lowest BCUT2D eigenvalue weighted by Gasteiger charge is -1.96. The van der Waals surface area contributed by atoms with E-state index in [9.17, 15) is 0 Å². The summed E-state index contributed by atoms with van der Waals surface area (Å²) >= 11 is 5.09. The smallest absolute Gasteiger partial charge is 0.243 e. The van der Waals surface area contributed by atoms with Gasteiger partial charge in [-0.05, 0) is 35.0 Å². The molecule has 0 aliphatic heterocycles. The Hall–Kier alpha value is -1.47. The lowest BCUT2D eigenvalue weighted by Crippen LogP contribution is -2.01. The van der Waals surface area contributed by atoms with Crippen LogP contribution in [0.3, 0.4) is 0 Å². The SMILES string of the molecule is Cc1nc(CNc2nc3c(Br)cccn3n2)cs1. The van der Waals surface area contributed by atoms with Gasteiger partial charge in [0.1, 0.15) is 0 Å². The van der Waals surface area contributed by atoms with Crippen molar-refractivity contribution in [3.8, 4) is 0 Å². The van der Waals surface area contributed by atoms with Crippen molar-refractivity contribution in [2.75, 3.05) is 5.32 Å². The number of hydrogen-bond donors (Lipinski definition) is 1. The highest BCUT2D eigenvalue weighted by molar-refractivity contribution is 9.10. The van der Waals surface area contributed by atoms with Crippen molar-refractivity contribution in [2.24, 2.45) is 0 Å². The molecule has 0 aliphatic carbocycles. The van der Waals surface area contributed by atoms with E-state index in [2.05, 4.69) is 36.3 Å². The predicted molar refractivity (Wildman–Crippen MR) is 74.9 cm³/mol. The van der Waals surface area contributed by atoms with Crippen LogP contribution in [0.25, 0.3) is 5.65 Å². The van der Waals surface area contributed by atoms with Gasteiger partial charge >= 0.3 is 0 Å². The number of thiazole rings is 1. The number of aryl methyl sites for hydroxylation is 1. The van der Waals surface area contributed by atoms with Crippen molar-refractivity contribution < 1.29 is 0 Å². The van der Waals surface area contributed by atoms with Crippen LogP contribution in [0, 0.1) is 6.92 Å². The molecule has 0 saturated heterocycles. The Morgan fingerprint density at radius 2 is 2.33 bits per heavy atom. The standard InChI is InChI=1S/C11H10BrN5S/c1-7-14-8(6-18-7)5-13-11-15-10-9(12)3-2-4-17(10)16-11/h2-4,6H,5H2,1H3,(H,13,16). The van der Waals surface area contributed by atoms with E-state index in [1.54, 1.807) is 15.9 Å². The van der Waals surface area contributed by atoms with Gasteiger partial charge in [0, 0.05) is 11.6 Å². The van der Waals surface area contributed by atoms with Crippen LogP contribution < -0.4 is 5.32 Å². The van der Waals surface area contributed by atoms with Gasteiger partial charge < -0.3 is 5.32 Å². The quantitative estimate of drug-likeness (QED) is 0.805. The monoisotopic (exact) mass is 323 g/mol. The fourth-order valence-electron chi connectivity index (χ4n) is 1.61. The third kappa shape index (κ3) is 2.23. The Labute approximate surface area is 116 Å². The lowest BCUT2D eigenvalue weighted by molar-refractivity contribution is 0.941. The number of nitrogens with zero attached hydrogens (tertiary/aromatic N) is 4. The Kier molecular flexibility index (Phi) is 3.00. The van der Waals surface area contributed by atoms with Gasteiger partial charge in [-0.15, -0.1) is 16.4 Å². The van der Waals surface area contributed by atoms with Gasteiger partial charge in [0.05, 0.1) is 21.7 Å². The van der Waals surface area contributed by atoms with E-state index in [1.165, 1.54) is 0 Å². The molecule has 0 bridgehead atoms. The van der Waals surface area contributed by atoms with Crippen molar-refractivity contribution in [1.29, 1.82) is 0 Å². The first kappa shape index (κ1) is 11.6. The van der Waals surface area contributed by atoms with Crippen molar-refractivity contribution in [3.05, 3.63) is 38.9 Å². The maximum atomic E-state index is 4.40. The summed E-state index contributed by atoms with van der Waals surface area (Å²) in [5, 5.41) is 10.6. The highest BCUT2D eigenvalue weighted by Gasteiger charge is 2.06. The van der Waals surface area contributed by atoms with E-state index < -0.39 is 0 Å². The van der Waals surface area contributed by atoms with Gasteiger partial charge in [0.15, 0.2) is 5.65 Å². The van der Waals surface area contributed by atoms with Crippen LogP contribution in [-0.2, 0) is 6.54 Å². The third-order valence-electron chi connectivity index (χ3n) is 2.41. The van der Waals surface area contributed by atoms with Crippen LogP contribution >= 0.6 is 27.3 Å². The van der Waals surface area contributed by atoms with Crippen LogP contribution in [0.1, 0.15) is 10.7 Å². The molecule has 3 aromatic rings. The van der Waals surface area contributed by atoms with Crippen LogP contribution in [-0.4, -0.2) is 19.6 Å². The number of rotatable bonds is 3. The molecule has 5 nitrogen and oxygen atoms in total. The van der Waals surface area contributed by atoms with Gasteiger partial charge in [-0.3, -0.25) is 0 Å². The summed E-state index contributed by atoms with van der Waals surface area (Å²) in [6.45, 7) is 2.63. The fraction of sp³-hybridized carbons (Fsp3) is 0.182. The van der Waals surface area contributed by atoms with Gasteiger partial charge in [-0.2, -0.15) is 4.98 Å². The normalized spacial score (nSPS) is 11.0. The molecule has 18 heavy (non-hydrogen) atoms. The number of fused-ring (bicyclic) bond motifs is 1. The zero-order valence-corrected chi connectivity index (χ0v) is 12.0. The molecule has 0 unspecified atom stereocenters. The van der Waals surface area contributed by atoms with Crippen molar-refractivity contribution in [2.45, 2.75) is 13.5 Å². The average Bonchev–Trinajstić information content (AvgIpc) is 2.93. The number of halogens is 1. The zero-order valence-electron chi connectivity index (χ0n) is 9.59. The fourth-order valence-corrected chi connectivity index (χ4v) is 2.64. The predicted octanol–water partition coefficient (Wildman–Crippen LogP) is 2.87. The van der Waals surface area contributed by atoms with Crippen LogP contribution in [0.4, 0.5) is 5.95 Å². The molecule has 3 heterocycles. The summed E-state index contributed by atoms with van der Waals surface area (Å²) in [7, 11) is 0. The molecule has 92 valence electrons. The largest absolute Gasteiger partial charge is 0.347 e. The summed E-state index contributed by atoms with van der Waals surface area (Å²) in [6.07, 6.45) is 1.87. The number of aromatic nitrogens is 4. The van der Waals surface area contributed by atoms with Gasteiger partial charge in [-0.1, -0.05) is 0 Å². The van der Waals surface area contributed by atoms with E-state index in [1.807, 2.05) is 30.6 Å². The second-order valence-electron chi connectivity index (χ2n) is 3.77. The molecule has 3 rings (SSSR count). The molecule has 0 radical (unpaired) electrons. The van der Waals surface area contributed by atoms with E-state index in [0.29, 0.717) is 12.5 Å². The molecule has 3 aromatic heterocycles. The van der Waals surface area contributed by atoms with E-state index in [-0.39, 0.29) is 0 Å². The minimum absolute atomic E-state index is 0.604. The zero-order chi connectivity index (χ0) is 12.5. The first-order valence-electron chi connectivity index (χ1n) is 5.38. The van der Waals surface area contributed by atoms with Gasteiger partial charge in [-0.25, -0.2) is 9.50 Å². The summed E-state index contributed by atoms with van der Waals surface area (Å²) in [4.78, 5) is 8.79. The molecule has 0 aromatic carbocycles. The highest BCUT2D eigenvalue weighted by atomic mass is 79.9. The number of hydrogen-bond acceptors (Lipinski definition) is 5. The second-order valence-corrected chi connectivity index (χ2v) is 5.69. The average molecular weight is 324 g/mol. The molecular formula is C11H10BrN5S. The summed E-state index contributed by atoms with van der Waals surface area (Å²) in [6, 6.07) is 3.86. The molecule has 0 saturated carbocycles. The summed E-state index contributed by atoms with van der Waals surface area (Å²) < 4.78 is 2.66. The Bertz CT molecular complexity index is 690. The van der Waals surface area contributed by atoms with Crippen LogP contribution in [0.15, 0.2) is 28.2 Å². The minimum atomic E-state index is 0.604. The first-order chi connectivity index (χ1) is 8.72. The maximum absolute atomic E-state index is 4.40. The Balaban J connectivity index is 1.81. The van der Waals surface area contributed by atoms with Gasteiger partial charge in [0.25, 0.3) is 0 Å². The van der Waals surface area contributed by atoms with E-state index in [0.717, 1.165) is 20.8 Å². The molecule has 7 heteroatoms. The third-order valence-corrected chi connectivity index (χ3v) is 3.85. The molecule has 0 spiro atoms. The number of anilines is 1. The molecule has 1 N–H and O–H groups in total. The molecule has 0 fully saturated rings. The number of nitrogens with one attached hydrogen (secondary N) is 1. The second kappa shape index (κ2) is 4.66. The van der Waals surface area contributed by atoms with E-state index >= 15 is 0 Å². The van der Waals surface area contributed by atoms with Crippen LogP contribution in [0.5, 0.6) is 0 Å². The van der Waals surface area contributed by atoms with Crippen LogP contribution in [0.2, 0.25) is 0 Å². The maximum Gasteiger partial charge on any atom is 0.243 e. The van der Waals surface area contributed by atoms with Crippen molar-refractivity contribution in [3.63, 3.8) is 0 Å². The van der Waals surface area contributed by atoms with Gasteiger partial charge in [0.2, 0.25) is 5.95 Å². The van der Waals surface area contributed by atoms with E-state index in [4.69, 9.17) is 0 Å². The molecule has 0 aliphatic rings. The topological polar surface area (TPSA) is 55.1 Å². The molecule has 0 atom stereocenters. The molecule has 0 amide bonds. The summed E-state index contributed by atoms with van der Waals surface area (Å²) in [5.74, 6) is 0.604. The Morgan fingerprint density at radius 3 is 3.06 bits per heavy atom. The first-order valence-corrected chi connectivity index (χ1v) is 7.05. The van der Waals surface area contributed by atoms with Crippen molar-refractivity contribution in [1.82, 2.24) is 19.6 Å². The molecular weight excluding hydrogens is 314 g/mol.